The summed E-state index contributed by atoms with van der Waals surface area (Å²) in [6.07, 6.45) is 3.84. The van der Waals surface area contributed by atoms with Gasteiger partial charge in [0.05, 0.1) is 0 Å². The van der Waals surface area contributed by atoms with Crippen molar-refractivity contribution in [3.63, 3.8) is 0 Å². The van der Waals surface area contributed by atoms with Crippen molar-refractivity contribution in [2.75, 3.05) is 13.1 Å². The molecule has 2 aliphatic rings. The van der Waals surface area contributed by atoms with Crippen molar-refractivity contribution in [3.05, 3.63) is 17.5 Å². The number of amides is 1. The van der Waals surface area contributed by atoms with E-state index in [9.17, 15) is 9.59 Å². The van der Waals surface area contributed by atoms with Crippen LogP contribution in [0.5, 0.6) is 0 Å². The Morgan fingerprint density at radius 2 is 1.95 bits per heavy atom. The predicted octanol–water partition coefficient (Wildman–Crippen LogP) is 1.22. The molecule has 1 amide bonds. The van der Waals surface area contributed by atoms with Gasteiger partial charge in [-0.2, -0.15) is 5.10 Å². The standard InChI is InChI=1S/C13H17N3O3/c17-12(9-1-2-9)16-5-3-8(4-6-16)10-7-11(13(18)19)15-14-10/h7-9H,1-6H2,(H,14,15)(H,18,19). The van der Waals surface area contributed by atoms with Gasteiger partial charge in [-0.05, 0) is 31.7 Å². The number of aromatic nitrogens is 2. The number of likely N-dealkylation sites (tertiary alicyclic amines) is 1. The molecule has 1 aromatic rings. The molecule has 1 saturated carbocycles. The molecule has 102 valence electrons. The van der Waals surface area contributed by atoms with Crippen LogP contribution in [0.25, 0.3) is 0 Å². The average Bonchev–Trinajstić information content (AvgIpc) is 3.14. The third-order valence-corrected chi connectivity index (χ3v) is 3.99. The summed E-state index contributed by atoms with van der Waals surface area (Å²) < 4.78 is 0. The number of piperidine rings is 1. The molecule has 0 bridgehead atoms. The SMILES string of the molecule is O=C(O)c1cc(C2CCN(C(=O)C3CC3)CC2)[nH]n1. The van der Waals surface area contributed by atoms with Crippen LogP contribution in [0.4, 0.5) is 0 Å². The second kappa shape index (κ2) is 4.68. The van der Waals surface area contributed by atoms with Crippen molar-refractivity contribution in [1.82, 2.24) is 15.1 Å². The molecule has 0 aromatic carbocycles. The molecule has 1 saturated heterocycles. The van der Waals surface area contributed by atoms with Crippen LogP contribution in [0, 0.1) is 5.92 Å². The van der Waals surface area contributed by atoms with E-state index in [0.29, 0.717) is 5.91 Å². The minimum absolute atomic E-state index is 0.0616. The molecule has 0 spiro atoms. The van der Waals surface area contributed by atoms with Gasteiger partial charge in [-0.3, -0.25) is 9.89 Å². The zero-order valence-corrected chi connectivity index (χ0v) is 10.6. The molecule has 0 atom stereocenters. The Morgan fingerprint density at radius 1 is 1.26 bits per heavy atom. The average molecular weight is 263 g/mol. The Kier molecular flexibility index (Phi) is 3.00. The van der Waals surface area contributed by atoms with E-state index in [4.69, 9.17) is 5.11 Å². The Morgan fingerprint density at radius 3 is 2.47 bits per heavy atom. The van der Waals surface area contributed by atoms with Crippen molar-refractivity contribution in [3.8, 4) is 0 Å². The maximum Gasteiger partial charge on any atom is 0.356 e. The van der Waals surface area contributed by atoms with Crippen LogP contribution >= 0.6 is 0 Å². The van der Waals surface area contributed by atoms with E-state index in [-0.39, 0.29) is 17.5 Å². The molecule has 0 radical (unpaired) electrons. The highest BCUT2D eigenvalue weighted by Gasteiger charge is 2.35. The van der Waals surface area contributed by atoms with Gasteiger partial charge in [0.2, 0.25) is 5.91 Å². The number of carboxylic acids is 1. The second-order valence-electron chi connectivity index (χ2n) is 5.39. The number of H-pyrrole nitrogens is 1. The van der Waals surface area contributed by atoms with Gasteiger partial charge in [0.25, 0.3) is 0 Å². The van der Waals surface area contributed by atoms with Crippen molar-refractivity contribution >= 4 is 11.9 Å². The first kappa shape index (κ1) is 12.2. The molecule has 6 heteroatoms. The van der Waals surface area contributed by atoms with Crippen LogP contribution in [0.15, 0.2) is 6.07 Å². The van der Waals surface area contributed by atoms with Crippen LogP contribution < -0.4 is 0 Å². The van der Waals surface area contributed by atoms with E-state index >= 15 is 0 Å². The van der Waals surface area contributed by atoms with E-state index in [1.807, 2.05) is 4.90 Å². The van der Waals surface area contributed by atoms with Crippen LogP contribution in [0.3, 0.4) is 0 Å². The molecular weight excluding hydrogens is 246 g/mol. The first-order chi connectivity index (χ1) is 9.15. The number of carboxylic acid groups (broad SMARTS) is 1. The van der Waals surface area contributed by atoms with Gasteiger partial charge in [0.15, 0.2) is 5.69 Å². The molecule has 1 aliphatic heterocycles. The summed E-state index contributed by atoms with van der Waals surface area (Å²) in [5.41, 5.74) is 0.933. The van der Waals surface area contributed by atoms with Crippen LogP contribution in [-0.2, 0) is 4.79 Å². The number of rotatable bonds is 3. The zero-order chi connectivity index (χ0) is 13.4. The number of nitrogens with zero attached hydrogens (tertiary/aromatic N) is 2. The molecule has 2 heterocycles. The Hall–Kier alpha value is -1.85. The number of carbonyl (C=O) groups is 2. The first-order valence-corrected chi connectivity index (χ1v) is 6.72. The summed E-state index contributed by atoms with van der Waals surface area (Å²) in [7, 11) is 0. The lowest BCUT2D eigenvalue weighted by Crippen LogP contribution is -2.38. The number of hydrogen-bond donors (Lipinski definition) is 2. The Bertz CT molecular complexity index is 499. The lowest BCUT2D eigenvalue weighted by molar-refractivity contribution is -0.133. The fourth-order valence-corrected chi connectivity index (χ4v) is 2.65. The zero-order valence-electron chi connectivity index (χ0n) is 10.6. The molecule has 19 heavy (non-hydrogen) atoms. The smallest absolute Gasteiger partial charge is 0.356 e. The summed E-state index contributed by atoms with van der Waals surface area (Å²) in [6, 6.07) is 1.60. The molecule has 2 N–H and O–H groups in total. The van der Waals surface area contributed by atoms with Crippen molar-refractivity contribution < 1.29 is 14.7 Å². The quantitative estimate of drug-likeness (QED) is 0.858. The summed E-state index contributed by atoms with van der Waals surface area (Å²) in [5, 5.41) is 15.4. The van der Waals surface area contributed by atoms with E-state index in [1.165, 1.54) is 0 Å². The van der Waals surface area contributed by atoms with Crippen LogP contribution in [-0.4, -0.2) is 45.2 Å². The molecule has 1 aliphatic carbocycles. The molecule has 6 nitrogen and oxygen atoms in total. The lowest BCUT2D eigenvalue weighted by atomic mass is 9.93. The van der Waals surface area contributed by atoms with Gasteiger partial charge in [-0.1, -0.05) is 0 Å². The van der Waals surface area contributed by atoms with Crippen LogP contribution in [0.2, 0.25) is 0 Å². The van der Waals surface area contributed by atoms with Gasteiger partial charge in [0, 0.05) is 30.6 Å². The monoisotopic (exact) mass is 263 g/mol. The number of aromatic amines is 1. The lowest BCUT2D eigenvalue weighted by Gasteiger charge is -2.31. The fraction of sp³-hybridized carbons (Fsp3) is 0.615. The fourth-order valence-electron chi connectivity index (χ4n) is 2.65. The number of nitrogens with one attached hydrogen (secondary N) is 1. The van der Waals surface area contributed by atoms with Gasteiger partial charge in [-0.15, -0.1) is 0 Å². The van der Waals surface area contributed by atoms with E-state index in [2.05, 4.69) is 10.2 Å². The molecular formula is C13H17N3O3. The normalized spacial score (nSPS) is 20.5. The molecule has 3 rings (SSSR count). The number of hydrogen-bond acceptors (Lipinski definition) is 3. The molecule has 2 fully saturated rings. The summed E-state index contributed by atoms with van der Waals surface area (Å²) >= 11 is 0. The predicted molar refractivity (Wildman–Crippen MR) is 66.8 cm³/mol. The highest BCUT2D eigenvalue weighted by molar-refractivity contribution is 5.85. The van der Waals surface area contributed by atoms with Crippen molar-refractivity contribution in [2.24, 2.45) is 5.92 Å². The van der Waals surface area contributed by atoms with Gasteiger partial charge < -0.3 is 10.0 Å². The van der Waals surface area contributed by atoms with Crippen molar-refractivity contribution in [1.29, 1.82) is 0 Å². The van der Waals surface area contributed by atoms with Gasteiger partial charge in [-0.25, -0.2) is 4.79 Å². The number of aromatic carboxylic acids is 1. The van der Waals surface area contributed by atoms with Crippen LogP contribution in [0.1, 0.15) is 47.8 Å². The van der Waals surface area contributed by atoms with Gasteiger partial charge >= 0.3 is 5.97 Å². The number of carbonyl (C=O) groups excluding carboxylic acids is 1. The maximum absolute atomic E-state index is 11.9. The minimum atomic E-state index is -1.01. The summed E-state index contributed by atoms with van der Waals surface area (Å²) in [4.78, 5) is 24.7. The van der Waals surface area contributed by atoms with E-state index in [1.54, 1.807) is 6.07 Å². The molecule has 0 unspecified atom stereocenters. The third kappa shape index (κ3) is 2.47. The topological polar surface area (TPSA) is 86.3 Å². The summed E-state index contributed by atoms with van der Waals surface area (Å²) in [5.74, 6) is -0.149. The third-order valence-electron chi connectivity index (χ3n) is 3.99. The maximum atomic E-state index is 11.9. The second-order valence-corrected chi connectivity index (χ2v) is 5.39. The highest BCUT2D eigenvalue weighted by atomic mass is 16.4. The molecule has 1 aromatic heterocycles. The first-order valence-electron chi connectivity index (χ1n) is 6.72. The van der Waals surface area contributed by atoms with Gasteiger partial charge in [0.1, 0.15) is 0 Å². The highest BCUT2D eigenvalue weighted by Crippen LogP contribution is 2.34. The van der Waals surface area contributed by atoms with E-state index in [0.717, 1.165) is 44.5 Å². The largest absolute Gasteiger partial charge is 0.476 e. The Balaban J connectivity index is 1.59. The van der Waals surface area contributed by atoms with Crippen molar-refractivity contribution in [2.45, 2.75) is 31.6 Å². The summed E-state index contributed by atoms with van der Waals surface area (Å²) in [6.45, 7) is 1.53. The minimum Gasteiger partial charge on any atom is -0.476 e. The Labute approximate surface area is 110 Å². The van der Waals surface area contributed by atoms with E-state index < -0.39 is 5.97 Å².